The van der Waals surface area contributed by atoms with Crippen molar-refractivity contribution < 1.29 is 68.3 Å². The molecule has 18 aromatic rings. The van der Waals surface area contributed by atoms with Crippen LogP contribution in [0.25, 0.3) is 32.5 Å². The molecule has 42 nitrogen and oxygen atoms in total. The molecule has 0 bridgehead atoms. The van der Waals surface area contributed by atoms with E-state index in [-0.39, 0.29) is 68.3 Å². The maximum atomic E-state index is 7.13. The number of thiocarbonyl (C=S) groups is 6. The van der Waals surface area contributed by atoms with E-state index in [0.29, 0.717) is 0 Å². The van der Waals surface area contributed by atoms with Crippen LogP contribution in [-0.4, -0.2) is 248 Å². The van der Waals surface area contributed by atoms with Crippen LogP contribution in [0, 0.1) is 0 Å². The molecule has 58 heteroatoms. The third-order valence-corrected chi connectivity index (χ3v) is 15.3. The van der Waals surface area contributed by atoms with Gasteiger partial charge in [0.15, 0.2) is 0 Å². The summed E-state index contributed by atoms with van der Waals surface area (Å²) in [5.41, 5.74) is 0. The Balaban J connectivity index is 0.000000349. The van der Waals surface area contributed by atoms with Gasteiger partial charge >= 0.3 is 111 Å². The van der Waals surface area contributed by atoms with Gasteiger partial charge in [-0.1, -0.05) is 73.3 Å². The molecule has 18 rings (SSSR count). The van der Waals surface area contributed by atoms with Crippen molar-refractivity contribution in [2.75, 3.05) is 0 Å². The minimum absolute atomic E-state index is 0. The van der Waals surface area contributed by atoms with Crippen molar-refractivity contribution in [3.63, 3.8) is 0 Å². The van der Waals surface area contributed by atoms with Gasteiger partial charge in [-0.15, -0.1) is 0 Å². The summed E-state index contributed by atoms with van der Waals surface area (Å²) in [6.07, 6.45) is 66.2. The summed E-state index contributed by atoms with van der Waals surface area (Å²) in [5, 5.41) is 127. The smallest absolute Gasteiger partial charge is 0.753 e. The number of aromatic nitrogens is 36. The van der Waals surface area contributed by atoms with Crippen LogP contribution < -0.4 is 0 Å². The van der Waals surface area contributed by atoms with Crippen LogP contribution in [0.2, 0.25) is 0 Å². The van der Waals surface area contributed by atoms with Gasteiger partial charge in [0.1, 0.15) is 0 Å². The van der Waals surface area contributed by atoms with E-state index >= 15 is 0 Å². The Morgan fingerprint density at radius 1 is 0.144 bits per heavy atom. The second-order valence-electron chi connectivity index (χ2n) is 21.9. The molecule has 4 radical (unpaired) electrons. The topological polar surface area (TPSA) is 455 Å². The fraction of sp³-hybridized carbons (Fsp3) is 0. The fourth-order valence-electron chi connectivity index (χ4n) is 11.1. The van der Waals surface area contributed by atoms with Crippen molar-refractivity contribution in [3.05, 3.63) is 365 Å². The number of nitrogens with zero attached hydrogens (tertiary/aromatic N) is 42. The van der Waals surface area contributed by atoms with Crippen molar-refractivity contribution in [3.8, 4) is 0 Å². The van der Waals surface area contributed by atoms with Crippen LogP contribution in [0.4, 0.5) is 0 Å². The fourth-order valence-corrected chi connectivity index (χ4v) is 11.1. The molecule has 18 heterocycles. The first-order valence-electron chi connectivity index (χ1n) is 33.2. The van der Waals surface area contributed by atoms with Crippen molar-refractivity contribution in [1.29, 1.82) is 0 Å². The SMILES string of the molecule is [Fe+3].[Fe+3].[Fe+3].[Fe+3].[N-]=C=S.[N-]=C=S.[N-]=C=S.[N-]=C=S.[N-]=C=S.[N-]=C=S.c1cnn([BH-](n2cccn2)n2cccn2)c1.c1cnn([BH-](n2cccn2)n2cccn2)c1.c1cnn([BH-](n2cccn2)n2cccn2)c1.c1cnn([BH-](n2cccn2)n2cccn2)c1.c1cnn([BH-](n2cccn2)n2cccn2)c1.c1cnn([BH-](n2cccn2)n2cccn2)c1. The number of rotatable bonds is 18. The van der Waals surface area contributed by atoms with Gasteiger partial charge in [0.05, 0.1) is 0 Å². The van der Waals surface area contributed by atoms with Crippen molar-refractivity contribution in [2.45, 2.75) is 0 Å². The van der Waals surface area contributed by atoms with Crippen LogP contribution in [0.5, 0.6) is 0 Å². The minimum atomic E-state index is -1.12. The number of isothiocyanates is 6. The molecule has 0 N–H and O–H groups in total. The third kappa shape index (κ3) is 31.3. The quantitative estimate of drug-likeness (QED) is 0.0673. The Morgan fingerprint density at radius 3 is 0.229 bits per heavy atom. The molecule has 0 spiro atoms. The van der Waals surface area contributed by atoms with Gasteiger partial charge in [0, 0.05) is 112 Å². The van der Waals surface area contributed by atoms with Gasteiger partial charge in [0.2, 0.25) is 0 Å². The summed E-state index contributed by atoms with van der Waals surface area (Å²) in [7, 11) is -6.75. The van der Waals surface area contributed by atoms with Gasteiger partial charge in [-0.25, -0.2) is 91.8 Å². The van der Waals surface area contributed by atoms with Gasteiger partial charge < -0.3 is 115 Å². The summed E-state index contributed by atoms with van der Waals surface area (Å²) in [5.74, 6) is 0. The summed E-state index contributed by atoms with van der Waals surface area (Å²) < 4.78 is 33.8. The van der Waals surface area contributed by atoms with E-state index in [9.17, 15) is 0 Å². The normalized spacial score (nSPS) is 9.41. The van der Waals surface area contributed by atoms with E-state index in [1.807, 2.05) is 303 Å². The van der Waals surface area contributed by atoms with Crippen LogP contribution in [-0.2, 0) is 68.3 Å². The first kappa shape index (κ1) is 99.2. The Morgan fingerprint density at radius 2 is 0.195 bits per heavy atom. The number of hydrogen-bond acceptors (Lipinski definition) is 24. The zero-order chi connectivity index (χ0) is 81.0. The summed E-state index contributed by atoms with van der Waals surface area (Å²) >= 11 is 22.2. The first-order valence-corrected chi connectivity index (χ1v) is 35.6. The molecule has 596 valence electrons. The zero-order valence-electron chi connectivity index (χ0n) is 61.1. The zero-order valence-corrected chi connectivity index (χ0v) is 70.4. The maximum absolute atomic E-state index is 7.13. The molecule has 0 saturated heterocycles. The van der Waals surface area contributed by atoms with Crippen LogP contribution in [0.3, 0.4) is 0 Å². The molecule has 0 aliphatic heterocycles. The van der Waals surface area contributed by atoms with E-state index in [1.165, 1.54) is 31.0 Å². The molecular weight excluding hydrogens is 1790 g/mol. The average Bonchev–Trinajstić information content (AvgIpc) is 1.72. The van der Waals surface area contributed by atoms with Crippen molar-refractivity contribution in [2.24, 2.45) is 0 Å². The van der Waals surface area contributed by atoms with Gasteiger partial charge in [-0.05, 0) is 221 Å². The monoisotopic (exact) mass is 1850 g/mol. The Labute approximate surface area is 748 Å². The summed E-state index contributed by atoms with van der Waals surface area (Å²) in [6.45, 7) is 0. The Kier molecular flexibility index (Phi) is 49.5. The Bertz CT molecular complexity index is 4090. The largest absolute Gasteiger partial charge is 3.00 e. The molecule has 0 saturated carbocycles. The molecule has 0 aliphatic rings. The van der Waals surface area contributed by atoms with Crippen LogP contribution >= 0.6 is 73.3 Å². The average molecular weight is 1850 g/mol. The molecule has 118 heavy (non-hydrogen) atoms. The van der Waals surface area contributed by atoms with E-state index in [1.54, 1.807) is 112 Å². The summed E-state index contributed by atoms with van der Waals surface area (Å²) in [6, 6.07) is 34.1. The standard InChI is InChI=1S/6C9H10BN6.6CNS.4Fe/c6*1-4-11-14(7-1)10(15-8-2-5-12-15)16-9-3-6-13-16;6*2-1-3;;;;/h6*1-10H;;;;;;;;;;/q12*-1;4*+3. The molecule has 0 unspecified atom stereocenters. The van der Waals surface area contributed by atoms with Crippen LogP contribution in [0.1, 0.15) is 0 Å². The summed E-state index contributed by atoms with van der Waals surface area (Å²) in [4.78, 5) is 0. The molecule has 0 aliphatic carbocycles. The molecule has 0 aromatic carbocycles. The molecular formula is C60H60B6Fe4N42S6. The molecule has 0 fully saturated rings. The second-order valence-corrected chi connectivity index (χ2v) is 23.0. The van der Waals surface area contributed by atoms with Crippen LogP contribution in [0.15, 0.2) is 332 Å². The Hall–Kier alpha value is -13.0. The van der Waals surface area contributed by atoms with Gasteiger partial charge in [-0.3, -0.25) is 0 Å². The third-order valence-electron chi connectivity index (χ3n) is 15.3. The molecule has 0 amide bonds. The maximum Gasteiger partial charge on any atom is 3.00 e. The predicted molar refractivity (Wildman–Crippen MR) is 456 cm³/mol. The second kappa shape index (κ2) is 58.8. The van der Waals surface area contributed by atoms with Crippen molar-refractivity contribution >= 4 is 147 Å². The predicted octanol–water partition coefficient (Wildman–Crippen LogP) is 3.57. The van der Waals surface area contributed by atoms with E-state index < -0.39 is 42.7 Å². The van der Waals surface area contributed by atoms with E-state index in [4.69, 9.17) is 32.5 Å². The van der Waals surface area contributed by atoms with E-state index in [2.05, 4.69) is 165 Å². The number of hydrogen-bond donors (Lipinski definition) is 0. The molecule has 0 atom stereocenters. The van der Waals surface area contributed by atoms with E-state index in [0.717, 1.165) is 0 Å². The van der Waals surface area contributed by atoms with Gasteiger partial charge in [0.25, 0.3) is 0 Å². The minimum Gasteiger partial charge on any atom is -0.753 e. The molecule has 18 aromatic heterocycles. The van der Waals surface area contributed by atoms with Gasteiger partial charge in [-0.2, -0.15) is 31.0 Å². The van der Waals surface area contributed by atoms with Crippen molar-refractivity contribution in [1.82, 2.24) is 174 Å². The first-order chi connectivity index (χ1) is 56.2.